The second-order valence-electron chi connectivity index (χ2n) is 13.1. The maximum atomic E-state index is 2.75. The van der Waals surface area contributed by atoms with Crippen LogP contribution in [0.4, 0.5) is 0 Å². The second-order valence-corrected chi connectivity index (χ2v) is 13.1. The molecular formula is C29H51N. The summed E-state index contributed by atoms with van der Waals surface area (Å²) in [5.74, 6) is 5.71. The van der Waals surface area contributed by atoms with Crippen LogP contribution in [0.2, 0.25) is 0 Å². The third-order valence-corrected chi connectivity index (χ3v) is 11.0. The van der Waals surface area contributed by atoms with Gasteiger partial charge < -0.3 is 4.90 Å². The van der Waals surface area contributed by atoms with Crippen LogP contribution in [0.1, 0.15) is 105 Å². The largest absolute Gasteiger partial charge is 0.306 e. The first-order chi connectivity index (χ1) is 14.2. The number of hydrogen-bond acceptors (Lipinski definition) is 1. The van der Waals surface area contributed by atoms with Crippen molar-refractivity contribution >= 4 is 0 Å². The quantitative estimate of drug-likeness (QED) is 0.399. The Labute approximate surface area is 188 Å². The summed E-state index contributed by atoms with van der Waals surface area (Å²) in [4.78, 5) is 2.48. The third-order valence-electron chi connectivity index (χ3n) is 11.0. The Morgan fingerprint density at radius 2 is 1.73 bits per heavy atom. The van der Waals surface area contributed by atoms with Gasteiger partial charge in [0.1, 0.15) is 0 Å². The molecule has 0 aromatic rings. The smallest absolute Gasteiger partial charge is 0.0127 e. The molecule has 30 heavy (non-hydrogen) atoms. The summed E-state index contributed by atoms with van der Waals surface area (Å²) in [6, 6.07) is 0.775. The van der Waals surface area contributed by atoms with Crippen molar-refractivity contribution in [1.29, 1.82) is 0 Å². The van der Waals surface area contributed by atoms with Gasteiger partial charge in [0.15, 0.2) is 0 Å². The second kappa shape index (κ2) is 8.57. The van der Waals surface area contributed by atoms with Crippen LogP contribution in [0.25, 0.3) is 0 Å². The van der Waals surface area contributed by atoms with Crippen LogP contribution in [0.5, 0.6) is 0 Å². The first kappa shape index (κ1) is 22.9. The summed E-state index contributed by atoms with van der Waals surface area (Å²) in [6.45, 7) is 12.8. The standard InChI is InChI=1S/C29H51N/c1-20(2)9-8-10-21(3)25-13-14-26-24-12-11-22-19-23(30(6)7)15-17-28(22,4)27(24)16-18-29(25,26)5/h11,20-21,23-27H,8-10,12-19H2,1-7H3/t21-,23-,24+,25-,26+,27+,28+,29-/m1/s1. The summed E-state index contributed by atoms with van der Waals surface area (Å²) in [5, 5.41) is 0. The van der Waals surface area contributed by atoms with E-state index in [0.717, 1.165) is 41.5 Å². The molecule has 4 rings (SSSR count). The summed E-state index contributed by atoms with van der Waals surface area (Å²) in [6.07, 6.45) is 18.7. The molecule has 3 saturated carbocycles. The van der Waals surface area contributed by atoms with Crippen molar-refractivity contribution in [3.63, 3.8) is 0 Å². The summed E-state index contributed by atoms with van der Waals surface area (Å²) < 4.78 is 0. The van der Waals surface area contributed by atoms with Gasteiger partial charge in [-0.3, -0.25) is 0 Å². The lowest BCUT2D eigenvalue weighted by molar-refractivity contribution is -0.0535. The van der Waals surface area contributed by atoms with Gasteiger partial charge in [0.05, 0.1) is 0 Å². The number of fused-ring (bicyclic) bond motifs is 5. The molecule has 0 saturated heterocycles. The predicted molar refractivity (Wildman–Crippen MR) is 131 cm³/mol. The van der Waals surface area contributed by atoms with Crippen molar-refractivity contribution in [2.24, 2.45) is 46.3 Å². The molecule has 0 heterocycles. The van der Waals surface area contributed by atoms with Crippen LogP contribution < -0.4 is 0 Å². The molecule has 0 aromatic carbocycles. The highest BCUT2D eigenvalue weighted by atomic mass is 15.1. The van der Waals surface area contributed by atoms with Gasteiger partial charge in [-0.05, 0) is 112 Å². The molecule has 0 spiro atoms. The Bertz CT molecular complexity index is 632. The van der Waals surface area contributed by atoms with Crippen LogP contribution in [0.15, 0.2) is 11.6 Å². The van der Waals surface area contributed by atoms with Gasteiger partial charge in [0.25, 0.3) is 0 Å². The molecule has 0 amide bonds. The average molecular weight is 414 g/mol. The molecule has 0 bridgehead atoms. The average Bonchev–Trinajstić information content (AvgIpc) is 3.04. The van der Waals surface area contributed by atoms with Gasteiger partial charge in [-0.2, -0.15) is 0 Å². The van der Waals surface area contributed by atoms with Crippen molar-refractivity contribution < 1.29 is 0 Å². The van der Waals surface area contributed by atoms with E-state index in [1.54, 1.807) is 0 Å². The topological polar surface area (TPSA) is 3.24 Å². The van der Waals surface area contributed by atoms with E-state index in [0.29, 0.717) is 10.8 Å². The zero-order valence-electron chi connectivity index (χ0n) is 21.3. The van der Waals surface area contributed by atoms with Crippen LogP contribution in [-0.4, -0.2) is 25.0 Å². The Morgan fingerprint density at radius 3 is 2.43 bits per heavy atom. The molecule has 3 fully saturated rings. The molecule has 0 radical (unpaired) electrons. The first-order valence-corrected chi connectivity index (χ1v) is 13.5. The van der Waals surface area contributed by atoms with Crippen LogP contribution in [-0.2, 0) is 0 Å². The molecule has 0 aromatic heterocycles. The van der Waals surface area contributed by atoms with Gasteiger partial charge in [0.2, 0.25) is 0 Å². The predicted octanol–water partition coefficient (Wildman–Crippen LogP) is 7.96. The Balaban J connectivity index is 1.48. The molecular weight excluding hydrogens is 362 g/mol. The molecule has 172 valence electrons. The number of nitrogens with zero attached hydrogens (tertiary/aromatic N) is 1. The number of hydrogen-bond donors (Lipinski definition) is 0. The molecule has 1 nitrogen and oxygen atoms in total. The van der Waals surface area contributed by atoms with E-state index >= 15 is 0 Å². The zero-order valence-corrected chi connectivity index (χ0v) is 21.3. The van der Waals surface area contributed by atoms with Gasteiger partial charge >= 0.3 is 0 Å². The van der Waals surface area contributed by atoms with E-state index in [-0.39, 0.29) is 0 Å². The maximum Gasteiger partial charge on any atom is 0.0127 e. The molecule has 4 aliphatic rings. The van der Waals surface area contributed by atoms with Crippen LogP contribution in [0.3, 0.4) is 0 Å². The lowest BCUT2D eigenvalue weighted by Gasteiger charge is -2.59. The molecule has 0 unspecified atom stereocenters. The fourth-order valence-corrected chi connectivity index (χ4v) is 9.11. The third kappa shape index (κ3) is 3.84. The highest BCUT2D eigenvalue weighted by Crippen LogP contribution is 2.67. The maximum absolute atomic E-state index is 2.75. The number of allylic oxidation sites excluding steroid dienone is 1. The minimum atomic E-state index is 0.512. The molecule has 8 atom stereocenters. The monoisotopic (exact) mass is 413 g/mol. The minimum absolute atomic E-state index is 0.512. The molecule has 4 aliphatic carbocycles. The van der Waals surface area contributed by atoms with Gasteiger partial charge in [-0.15, -0.1) is 0 Å². The van der Waals surface area contributed by atoms with E-state index < -0.39 is 0 Å². The lowest BCUT2D eigenvalue weighted by Crippen LogP contribution is -2.51. The molecule has 0 aliphatic heterocycles. The first-order valence-electron chi connectivity index (χ1n) is 13.5. The van der Waals surface area contributed by atoms with Gasteiger partial charge in [0, 0.05) is 6.04 Å². The van der Waals surface area contributed by atoms with E-state index in [2.05, 4.69) is 59.7 Å². The Morgan fingerprint density at radius 1 is 0.967 bits per heavy atom. The van der Waals surface area contributed by atoms with Crippen molar-refractivity contribution in [1.82, 2.24) is 4.90 Å². The van der Waals surface area contributed by atoms with Crippen molar-refractivity contribution in [2.45, 2.75) is 111 Å². The van der Waals surface area contributed by atoms with E-state index in [1.165, 1.54) is 70.6 Å². The highest BCUT2D eigenvalue weighted by molar-refractivity contribution is 5.26. The van der Waals surface area contributed by atoms with Crippen molar-refractivity contribution in [3.8, 4) is 0 Å². The molecule has 0 N–H and O–H groups in total. The summed E-state index contributed by atoms with van der Waals surface area (Å²) in [7, 11) is 4.57. The van der Waals surface area contributed by atoms with Gasteiger partial charge in [-0.25, -0.2) is 0 Å². The van der Waals surface area contributed by atoms with Gasteiger partial charge in [-0.1, -0.05) is 65.5 Å². The summed E-state index contributed by atoms with van der Waals surface area (Å²) >= 11 is 0. The van der Waals surface area contributed by atoms with Crippen molar-refractivity contribution in [3.05, 3.63) is 11.6 Å². The molecule has 1 heteroatoms. The highest BCUT2D eigenvalue weighted by Gasteiger charge is 2.59. The van der Waals surface area contributed by atoms with E-state index in [1.807, 2.05) is 5.57 Å². The lowest BCUT2D eigenvalue weighted by atomic mass is 9.47. The van der Waals surface area contributed by atoms with E-state index in [9.17, 15) is 0 Å². The fourth-order valence-electron chi connectivity index (χ4n) is 9.11. The Hall–Kier alpha value is -0.300. The summed E-state index contributed by atoms with van der Waals surface area (Å²) in [5.41, 5.74) is 2.98. The minimum Gasteiger partial charge on any atom is -0.306 e. The van der Waals surface area contributed by atoms with E-state index in [4.69, 9.17) is 0 Å². The SMILES string of the molecule is CC(C)CCC[C@@H](C)[C@H]1CC[C@H]2[C@@H]3CC=C4C[C@H](N(C)C)CC[C@]4(C)[C@H]3CC[C@]12C. The fraction of sp³-hybridized carbons (Fsp3) is 0.931. The number of rotatable bonds is 6. The van der Waals surface area contributed by atoms with Crippen LogP contribution >= 0.6 is 0 Å². The zero-order chi connectivity index (χ0) is 21.7. The Kier molecular flexibility index (Phi) is 6.53. The van der Waals surface area contributed by atoms with Crippen LogP contribution in [0, 0.1) is 46.3 Å². The normalized spacial score (nSPS) is 44.4. The van der Waals surface area contributed by atoms with Crippen molar-refractivity contribution in [2.75, 3.05) is 14.1 Å².